The van der Waals surface area contributed by atoms with Crippen molar-refractivity contribution in [2.24, 2.45) is 0 Å². The zero-order valence-corrected chi connectivity index (χ0v) is 16.6. The van der Waals surface area contributed by atoms with Gasteiger partial charge in [-0.05, 0) is 43.3 Å². The minimum Gasteiger partial charge on any atom is -0.384 e. The van der Waals surface area contributed by atoms with Gasteiger partial charge in [0.05, 0.1) is 16.3 Å². The molecule has 2 aromatic carbocycles. The van der Waals surface area contributed by atoms with E-state index in [2.05, 4.69) is 20.6 Å². The van der Waals surface area contributed by atoms with Gasteiger partial charge in [0.25, 0.3) is 0 Å². The van der Waals surface area contributed by atoms with Gasteiger partial charge in [0.1, 0.15) is 5.82 Å². The number of benzene rings is 2. The fourth-order valence-electron chi connectivity index (χ4n) is 2.67. The number of nitrogens with zero attached hydrogens (tertiary/aromatic N) is 2. The third-order valence-corrected chi connectivity index (χ3v) is 5.64. The predicted octanol–water partition coefficient (Wildman–Crippen LogP) is 2.84. The number of hydrogen-bond acceptors (Lipinski definition) is 6. The lowest BCUT2D eigenvalue weighted by Crippen LogP contribution is -2.28. The zero-order valence-electron chi connectivity index (χ0n) is 15.8. The van der Waals surface area contributed by atoms with Crippen molar-refractivity contribution in [3.63, 3.8) is 0 Å². The first-order valence-corrected chi connectivity index (χ1v) is 10.6. The largest absolute Gasteiger partial charge is 0.384 e. The molecule has 0 saturated heterocycles. The molecule has 4 N–H and O–H groups in total. The van der Waals surface area contributed by atoms with Gasteiger partial charge in [0, 0.05) is 23.9 Å². The van der Waals surface area contributed by atoms with Crippen LogP contribution in [-0.2, 0) is 15.6 Å². The molecular formula is C20H21N5O3S. The van der Waals surface area contributed by atoms with E-state index in [4.69, 9.17) is 5.73 Å². The molecule has 0 saturated carbocycles. The molecule has 8 nitrogen and oxygen atoms in total. The summed E-state index contributed by atoms with van der Waals surface area (Å²) in [5.41, 5.74) is 7.44. The SMILES string of the molecule is CCNC(=O)Nc1ccc(-c2nc(N)cc(CS(=O)(=O)c3ccccc3)n2)cc1. The number of sulfone groups is 1. The summed E-state index contributed by atoms with van der Waals surface area (Å²) in [6.45, 7) is 2.35. The maximum Gasteiger partial charge on any atom is 0.319 e. The number of amides is 2. The van der Waals surface area contributed by atoms with Crippen molar-refractivity contribution in [2.45, 2.75) is 17.6 Å². The maximum absolute atomic E-state index is 12.6. The van der Waals surface area contributed by atoms with E-state index in [1.165, 1.54) is 6.07 Å². The summed E-state index contributed by atoms with van der Waals surface area (Å²) in [4.78, 5) is 20.4. The lowest BCUT2D eigenvalue weighted by molar-refractivity contribution is 0.252. The van der Waals surface area contributed by atoms with Crippen molar-refractivity contribution in [3.8, 4) is 11.4 Å². The average Bonchev–Trinajstić information content (AvgIpc) is 2.68. The first-order valence-electron chi connectivity index (χ1n) is 8.94. The van der Waals surface area contributed by atoms with Crippen LogP contribution in [0.2, 0.25) is 0 Å². The smallest absolute Gasteiger partial charge is 0.319 e. The molecule has 1 aromatic heterocycles. The molecule has 0 aliphatic heterocycles. The van der Waals surface area contributed by atoms with Crippen LogP contribution in [0.15, 0.2) is 65.6 Å². The van der Waals surface area contributed by atoms with Crippen LogP contribution in [0.3, 0.4) is 0 Å². The van der Waals surface area contributed by atoms with E-state index in [0.717, 1.165) is 0 Å². The summed E-state index contributed by atoms with van der Waals surface area (Å²) in [6.07, 6.45) is 0. The van der Waals surface area contributed by atoms with Gasteiger partial charge in [-0.15, -0.1) is 0 Å². The van der Waals surface area contributed by atoms with Gasteiger partial charge < -0.3 is 16.4 Å². The average molecular weight is 411 g/mol. The number of nitrogen functional groups attached to an aromatic ring is 1. The molecule has 29 heavy (non-hydrogen) atoms. The summed E-state index contributed by atoms with van der Waals surface area (Å²) in [7, 11) is -3.56. The molecule has 0 radical (unpaired) electrons. The Hall–Kier alpha value is -3.46. The van der Waals surface area contributed by atoms with Crippen LogP contribution < -0.4 is 16.4 Å². The van der Waals surface area contributed by atoms with E-state index in [1.54, 1.807) is 54.6 Å². The number of carbonyl (C=O) groups is 1. The second-order valence-electron chi connectivity index (χ2n) is 6.24. The van der Waals surface area contributed by atoms with Crippen molar-refractivity contribution in [3.05, 3.63) is 66.4 Å². The Morgan fingerprint density at radius 3 is 2.38 bits per heavy atom. The number of anilines is 2. The standard InChI is InChI=1S/C20H21N5O3S/c1-2-22-20(26)24-15-10-8-14(9-11-15)19-23-16(12-18(21)25-19)13-29(27,28)17-6-4-3-5-7-17/h3-12H,2,13H2,1H3,(H2,21,23,25)(H2,22,24,26). The van der Waals surface area contributed by atoms with Crippen LogP contribution in [0.5, 0.6) is 0 Å². The molecule has 0 fully saturated rings. The fraction of sp³-hybridized carbons (Fsp3) is 0.150. The van der Waals surface area contributed by atoms with Gasteiger partial charge in [-0.1, -0.05) is 18.2 Å². The molecule has 150 valence electrons. The Morgan fingerprint density at radius 1 is 1.03 bits per heavy atom. The molecule has 2 amide bonds. The normalized spacial score (nSPS) is 11.1. The van der Waals surface area contributed by atoms with Gasteiger partial charge >= 0.3 is 6.03 Å². The van der Waals surface area contributed by atoms with Gasteiger partial charge in [0.15, 0.2) is 15.7 Å². The Labute approximate surface area is 169 Å². The van der Waals surface area contributed by atoms with E-state index < -0.39 is 9.84 Å². The molecule has 3 aromatic rings. The number of nitrogens with two attached hydrogens (primary N) is 1. The fourth-order valence-corrected chi connectivity index (χ4v) is 3.94. The van der Waals surface area contributed by atoms with Crippen LogP contribution in [-0.4, -0.2) is 31.0 Å². The highest BCUT2D eigenvalue weighted by Gasteiger charge is 2.17. The molecule has 3 rings (SSSR count). The van der Waals surface area contributed by atoms with Crippen molar-refractivity contribution in [2.75, 3.05) is 17.6 Å². The first kappa shape index (κ1) is 20.3. The van der Waals surface area contributed by atoms with Crippen LogP contribution in [0.4, 0.5) is 16.3 Å². The maximum atomic E-state index is 12.6. The van der Waals surface area contributed by atoms with E-state index >= 15 is 0 Å². The molecule has 0 atom stereocenters. The Morgan fingerprint density at radius 2 is 1.72 bits per heavy atom. The van der Waals surface area contributed by atoms with Gasteiger partial charge in [-0.3, -0.25) is 0 Å². The molecule has 0 unspecified atom stereocenters. The van der Waals surface area contributed by atoms with E-state index in [-0.39, 0.29) is 22.5 Å². The summed E-state index contributed by atoms with van der Waals surface area (Å²) in [5, 5.41) is 5.34. The molecule has 1 heterocycles. The second-order valence-corrected chi connectivity index (χ2v) is 8.23. The van der Waals surface area contributed by atoms with E-state index in [9.17, 15) is 13.2 Å². The lowest BCUT2D eigenvalue weighted by Gasteiger charge is -2.09. The number of carbonyl (C=O) groups excluding carboxylic acids is 1. The number of rotatable bonds is 6. The quantitative estimate of drug-likeness (QED) is 0.572. The van der Waals surface area contributed by atoms with E-state index in [0.29, 0.717) is 29.3 Å². The van der Waals surface area contributed by atoms with Gasteiger partial charge in [-0.25, -0.2) is 23.2 Å². The van der Waals surface area contributed by atoms with Crippen LogP contribution in [0.1, 0.15) is 12.6 Å². The second kappa shape index (κ2) is 8.70. The van der Waals surface area contributed by atoms with Crippen molar-refractivity contribution in [1.29, 1.82) is 0 Å². The summed E-state index contributed by atoms with van der Waals surface area (Å²) < 4.78 is 25.2. The highest BCUT2D eigenvalue weighted by atomic mass is 32.2. The Kier molecular flexibility index (Phi) is 6.08. The number of aromatic nitrogens is 2. The lowest BCUT2D eigenvalue weighted by atomic mass is 10.2. The number of hydrogen-bond donors (Lipinski definition) is 3. The third kappa shape index (κ3) is 5.29. The van der Waals surface area contributed by atoms with Crippen LogP contribution in [0.25, 0.3) is 11.4 Å². The topological polar surface area (TPSA) is 127 Å². The van der Waals surface area contributed by atoms with E-state index in [1.807, 2.05) is 6.92 Å². The monoisotopic (exact) mass is 411 g/mol. The molecule has 0 spiro atoms. The molecular weight excluding hydrogens is 390 g/mol. The minimum atomic E-state index is -3.56. The van der Waals surface area contributed by atoms with Crippen LogP contribution in [0, 0.1) is 0 Å². The van der Waals surface area contributed by atoms with Crippen molar-refractivity contribution >= 4 is 27.4 Å². The number of urea groups is 1. The Balaban J connectivity index is 1.83. The zero-order chi connectivity index (χ0) is 20.9. The van der Waals surface area contributed by atoms with Crippen molar-refractivity contribution < 1.29 is 13.2 Å². The van der Waals surface area contributed by atoms with Crippen LogP contribution >= 0.6 is 0 Å². The summed E-state index contributed by atoms with van der Waals surface area (Å²) in [6, 6.07) is 16.2. The predicted molar refractivity (Wildman–Crippen MR) is 112 cm³/mol. The third-order valence-electron chi connectivity index (χ3n) is 3.98. The summed E-state index contributed by atoms with van der Waals surface area (Å²) >= 11 is 0. The molecule has 9 heteroatoms. The first-order chi connectivity index (χ1) is 13.9. The van der Waals surface area contributed by atoms with Crippen molar-refractivity contribution in [1.82, 2.24) is 15.3 Å². The highest BCUT2D eigenvalue weighted by molar-refractivity contribution is 7.90. The molecule has 0 aliphatic carbocycles. The number of nitrogens with one attached hydrogen (secondary N) is 2. The minimum absolute atomic E-state index is 0.179. The summed E-state index contributed by atoms with van der Waals surface area (Å²) in [5.74, 6) is 0.207. The highest BCUT2D eigenvalue weighted by Crippen LogP contribution is 2.22. The Bertz CT molecular complexity index is 1100. The van der Waals surface area contributed by atoms with Gasteiger partial charge in [-0.2, -0.15) is 0 Å². The van der Waals surface area contributed by atoms with Gasteiger partial charge in [0.2, 0.25) is 0 Å². The molecule has 0 bridgehead atoms. The molecule has 0 aliphatic rings.